The van der Waals surface area contributed by atoms with Gasteiger partial charge >= 0.3 is 1.43 Å². The Kier molecular flexibility index (Phi) is 1.01. The molecule has 1 heterocycles. The highest BCUT2D eigenvalue weighted by Crippen LogP contribution is 2.10. The summed E-state index contributed by atoms with van der Waals surface area (Å²) in [5, 5.41) is 8.00. The highest BCUT2D eigenvalue weighted by atomic mass is 15.1. The van der Waals surface area contributed by atoms with E-state index >= 15 is 0 Å². The Morgan fingerprint density at radius 2 is 2.40 bits per heavy atom. The van der Waals surface area contributed by atoms with E-state index in [4.69, 9.17) is 0 Å². The molecule has 0 aliphatic heterocycles. The standard InChI is InChI=1S/C8H8N2/c1-6-2-3-7-5-9-10-8(7)4-6/h2-5H,1H3,(H,9,10)/p+1. The maximum absolute atomic E-state index is 3.92. The lowest BCUT2D eigenvalue weighted by Crippen LogP contribution is -1.70. The van der Waals surface area contributed by atoms with E-state index in [9.17, 15) is 0 Å². The van der Waals surface area contributed by atoms with Crippen LogP contribution in [0, 0.1) is 6.92 Å². The van der Waals surface area contributed by atoms with Crippen LogP contribution in [0.3, 0.4) is 0 Å². The van der Waals surface area contributed by atoms with Crippen molar-refractivity contribution in [1.29, 1.82) is 0 Å². The largest absolute Gasteiger partial charge is 1.00 e. The van der Waals surface area contributed by atoms with Crippen molar-refractivity contribution in [2.75, 3.05) is 0 Å². The number of nitrogens with zero attached hydrogens (tertiary/aromatic N) is 1. The van der Waals surface area contributed by atoms with Crippen LogP contribution in [-0.4, -0.2) is 10.2 Å². The summed E-state index contributed by atoms with van der Waals surface area (Å²) in [5.41, 5.74) is 2.37. The fraction of sp³-hybridized carbons (Fsp3) is 0.125. The molecule has 10 heavy (non-hydrogen) atoms. The van der Waals surface area contributed by atoms with Gasteiger partial charge in [-0.1, -0.05) is 12.1 Å². The summed E-state index contributed by atoms with van der Waals surface area (Å²) in [4.78, 5) is 0. The van der Waals surface area contributed by atoms with E-state index in [0.717, 1.165) is 5.52 Å². The predicted molar refractivity (Wildman–Crippen MR) is 41.9 cm³/mol. The SMILES string of the molecule is Cc1ccc2cn[nH]c2c1.[H+]. The molecule has 2 nitrogen and oxygen atoms in total. The molecule has 0 fully saturated rings. The van der Waals surface area contributed by atoms with E-state index in [2.05, 4.69) is 35.3 Å². The summed E-state index contributed by atoms with van der Waals surface area (Å²) in [5.74, 6) is 0. The van der Waals surface area contributed by atoms with Gasteiger partial charge < -0.3 is 0 Å². The van der Waals surface area contributed by atoms with Gasteiger partial charge in [-0.05, 0) is 18.6 Å². The number of H-pyrrole nitrogens is 1. The van der Waals surface area contributed by atoms with Crippen LogP contribution in [0.2, 0.25) is 0 Å². The van der Waals surface area contributed by atoms with Crippen molar-refractivity contribution < 1.29 is 1.43 Å². The average molecular weight is 133 g/mol. The maximum Gasteiger partial charge on any atom is 1.00 e. The van der Waals surface area contributed by atoms with Crippen molar-refractivity contribution in [3.8, 4) is 0 Å². The molecule has 1 aromatic heterocycles. The molecular formula is C8H9N2+. The summed E-state index contributed by atoms with van der Waals surface area (Å²) in [6, 6.07) is 6.23. The number of fused-ring (bicyclic) bond motifs is 1. The topological polar surface area (TPSA) is 28.7 Å². The number of aryl methyl sites for hydroxylation is 1. The molecule has 0 amide bonds. The molecule has 0 unspecified atom stereocenters. The molecule has 2 heteroatoms. The van der Waals surface area contributed by atoms with Crippen molar-refractivity contribution in [1.82, 2.24) is 10.2 Å². The third-order valence-corrected chi connectivity index (χ3v) is 1.60. The van der Waals surface area contributed by atoms with Crippen molar-refractivity contribution in [2.45, 2.75) is 6.92 Å². The number of rotatable bonds is 0. The second-order valence-electron chi connectivity index (χ2n) is 2.46. The zero-order valence-electron chi connectivity index (χ0n) is 6.76. The first-order chi connectivity index (χ1) is 4.86. The van der Waals surface area contributed by atoms with Crippen LogP contribution in [0.15, 0.2) is 24.4 Å². The Bertz CT molecular complexity index is 354. The second-order valence-corrected chi connectivity index (χ2v) is 2.46. The minimum Gasteiger partial charge on any atom is -0.278 e. The summed E-state index contributed by atoms with van der Waals surface area (Å²) >= 11 is 0. The number of hydrogen-bond donors (Lipinski definition) is 1. The van der Waals surface area contributed by atoms with Crippen molar-refractivity contribution in [3.63, 3.8) is 0 Å². The van der Waals surface area contributed by atoms with Gasteiger partial charge in [0.15, 0.2) is 0 Å². The van der Waals surface area contributed by atoms with E-state index in [1.165, 1.54) is 10.9 Å². The first-order valence-corrected chi connectivity index (χ1v) is 3.26. The molecular weight excluding hydrogens is 124 g/mol. The molecule has 0 bridgehead atoms. The predicted octanol–water partition coefficient (Wildman–Crippen LogP) is 1.98. The van der Waals surface area contributed by atoms with Gasteiger partial charge in [0.1, 0.15) is 0 Å². The molecule has 1 N–H and O–H groups in total. The fourth-order valence-corrected chi connectivity index (χ4v) is 1.05. The molecule has 1 aromatic carbocycles. The van der Waals surface area contributed by atoms with Gasteiger partial charge in [0.05, 0.1) is 11.7 Å². The number of aromatic amines is 1. The van der Waals surface area contributed by atoms with E-state index in [1.807, 2.05) is 6.20 Å². The van der Waals surface area contributed by atoms with E-state index < -0.39 is 0 Å². The van der Waals surface area contributed by atoms with Crippen LogP contribution in [-0.2, 0) is 0 Å². The highest BCUT2D eigenvalue weighted by molar-refractivity contribution is 5.78. The van der Waals surface area contributed by atoms with E-state index in [-0.39, 0.29) is 1.43 Å². The van der Waals surface area contributed by atoms with Crippen molar-refractivity contribution in [2.24, 2.45) is 0 Å². The molecule has 0 radical (unpaired) electrons. The van der Waals surface area contributed by atoms with Crippen LogP contribution >= 0.6 is 0 Å². The Morgan fingerprint density at radius 3 is 3.30 bits per heavy atom. The third kappa shape index (κ3) is 0.692. The Hall–Kier alpha value is -1.31. The average Bonchev–Trinajstić information content (AvgIpc) is 2.33. The smallest absolute Gasteiger partial charge is 0.278 e. The van der Waals surface area contributed by atoms with Crippen LogP contribution < -0.4 is 0 Å². The molecule has 0 aliphatic rings. The normalized spacial score (nSPS) is 10.5. The summed E-state index contributed by atoms with van der Waals surface area (Å²) in [6.45, 7) is 2.07. The Labute approximate surface area is 60.4 Å². The van der Waals surface area contributed by atoms with Gasteiger partial charge in [-0.25, -0.2) is 0 Å². The monoisotopic (exact) mass is 133 g/mol. The van der Waals surface area contributed by atoms with Gasteiger partial charge in [0.25, 0.3) is 0 Å². The quantitative estimate of drug-likeness (QED) is 0.585. The van der Waals surface area contributed by atoms with Crippen LogP contribution in [0.1, 0.15) is 6.99 Å². The minimum absolute atomic E-state index is 0. The lowest BCUT2D eigenvalue weighted by atomic mass is 10.2. The van der Waals surface area contributed by atoms with Gasteiger partial charge in [-0.2, -0.15) is 5.10 Å². The van der Waals surface area contributed by atoms with Crippen molar-refractivity contribution >= 4 is 10.9 Å². The first-order valence-electron chi connectivity index (χ1n) is 3.26. The van der Waals surface area contributed by atoms with Crippen LogP contribution in [0.4, 0.5) is 0 Å². The summed E-state index contributed by atoms with van der Waals surface area (Å²) in [6.07, 6.45) is 1.83. The van der Waals surface area contributed by atoms with Crippen LogP contribution in [0.5, 0.6) is 0 Å². The highest BCUT2D eigenvalue weighted by Gasteiger charge is 1.92. The first kappa shape index (κ1) is 5.47. The minimum atomic E-state index is 0. The Balaban J connectivity index is 0.000000605. The molecule has 50 valence electrons. The lowest BCUT2D eigenvalue weighted by molar-refractivity contribution is 1.12. The second kappa shape index (κ2) is 1.84. The molecule has 0 spiro atoms. The molecule has 0 saturated heterocycles. The summed E-state index contributed by atoms with van der Waals surface area (Å²) < 4.78 is 0. The molecule has 2 aromatic rings. The number of benzene rings is 1. The maximum atomic E-state index is 3.92. The van der Waals surface area contributed by atoms with Crippen LogP contribution in [0.25, 0.3) is 10.9 Å². The van der Waals surface area contributed by atoms with Gasteiger partial charge in [-0.15, -0.1) is 0 Å². The molecule has 0 atom stereocenters. The van der Waals surface area contributed by atoms with Gasteiger partial charge in [0, 0.05) is 5.39 Å². The zero-order chi connectivity index (χ0) is 6.97. The lowest BCUT2D eigenvalue weighted by Gasteiger charge is -1.89. The molecule has 0 aliphatic carbocycles. The van der Waals surface area contributed by atoms with E-state index in [1.54, 1.807) is 0 Å². The summed E-state index contributed by atoms with van der Waals surface area (Å²) in [7, 11) is 0. The van der Waals surface area contributed by atoms with Gasteiger partial charge in [-0.3, -0.25) is 5.10 Å². The zero-order valence-corrected chi connectivity index (χ0v) is 5.76. The number of hydrogen-bond acceptors (Lipinski definition) is 1. The number of nitrogens with one attached hydrogen (secondary N) is 1. The van der Waals surface area contributed by atoms with Crippen molar-refractivity contribution in [3.05, 3.63) is 30.0 Å². The number of aromatic nitrogens is 2. The Morgan fingerprint density at radius 1 is 1.50 bits per heavy atom. The fourth-order valence-electron chi connectivity index (χ4n) is 1.05. The third-order valence-electron chi connectivity index (χ3n) is 1.60. The van der Waals surface area contributed by atoms with Gasteiger partial charge in [0.2, 0.25) is 0 Å². The molecule has 0 saturated carbocycles. The van der Waals surface area contributed by atoms with E-state index in [0.29, 0.717) is 0 Å². The molecule has 2 rings (SSSR count).